The Kier molecular flexibility index (Phi) is 9.24. The average molecular weight is 320 g/mol. The predicted molar refractivity (Wildman–Crippen MR) is 91.1 cm³/mol. The van der Waals surface area contributed by atoms with Gasteiger partial charge in [0, 0.05) is 0 Å². The molecule has 0 aliphatic carbocycles. The van der Waals surface area contributed by atoms with Crippen LogP contribution in [0.3, 0.4) is 0 Å². The van der Waals surface area contributed by atoms with Gasteiger partial charge in [-0.2, -0.15) is 0 Å². The van der Waals surface area contributed by atoms with Crippen molar-refractivity contribution < 1.29 is 31.8 Å². The van der Waals surface area contributed by atoms with Gasteiger partial charge in [0.2, 0.25) is 0 Å². The molecule has 2 aromatic rings. The quantitative estimate of drug-likeness (QED) is 0.628. The van der Waals surface area contributed by atoms with Gasteiger partial charge in [-0.15, -0.1) is 0 Å². The first-order valence-electron chi connectivity index (χ1n) is 6.45. The molecule has 0 saturated carbocycles. The third kappa shape index (κ3) is 6.43. The number of hydrogen-bond donors (Lipinski definition) is 0. The summed E-state index contributed by atoms with van der Waals surface area (Å²) in [5, 5.41) is 0. The maximum absolute atomic E-state index is 10.6. The Labute approximate surface area is 150 Å². The van der Waals surface area contributed by atoms with E-state index in [1.807, 2.05) is 36.4 Å². The van der Waals surface area contributed by atoms with E-state index >= 15 is 0 Å². The van der Waals surface area contributed by atoms with Crippen molar-refractivity contribution >= 4 is 28.3 Å². The summed E-state index contributed by atoms with van der Waals surface area (Å²) in [7, 11) is -4.37. The van der Waals surface area contributed by atoms with Crippen LogP contribution in [-0.2, 0) is 10.1 Å². The van der Waals surface area contributed by atoms with E-state index in [4.69, 9.17) is 0 Å². The van der Waals surface area contributed by atoms with Crippen LogP contribution >= 0.6 is 0 Å². The van der Waals surface area contributed by atoms with Crippen LogP contribution in [0.1, 0.15) is 16.7 Å². The van der Waals surface area contributed by atoms with E-state index in [0.717, 1.165) is 11.1 Å². The molecule has 2 aromatic carbocycles. The molecular formula is C18H17LiO3S. The molecule has 0 aromatic heterocycles. The molecule has 0 spiro atoms. The fraction of sp³-hybridized carbons (Fsp3) is 0. The Hall–Kier alpha value is -1.83. The Morgan fingerprint density at radius 2 is 1.09 bits per heavy atom. The molecular weight excluding hydrogens is 303 g/mol. The number of benzene rings is 2. The Morgan fingerprint density at radius 1 is 0.739 bits per heavy atom. The van der Waals surface area contributed by atoms with Crippen LogP contribution in [-0.4, -0.2) is 13.0 Å². The zero-order valence-corrected chi connectivity index (χ0v) is 13.9. The van der Waals surface area contributed by atoms with Gasteiger partial charge >= 0.3 is 18.9 Å². The average Bonchev–Trinajstić information content (AvgIpc) is 2.54. The minimum atomic E-state index is -4.37. The van der Waals surface area contributed by atoms with Gasteiger partial charge in [-0.1, -0.05) is 80.4 Å². The van der Waals surface area contributed by atoms with Crippen molar-refractivity contribution in [1.82, 2.24) is 0 Å². The third-order valence-electron chi connectivity index (χ3n) is 2.84. The first-order chi connectivity index (χ1) is 10.4. The molecule has 5 heteroatoms. The SMILES string of the molecule is C=Cc1ccccc1C=C.C=Cc1ccccc1S(=O)(=O)[O-].[Li+]. The summed E-state index contributed by atoms with van der Waals surface area (Å²) in [6.07, 6.45) is 5.00. The van der Waals surface area contributed by atoms with E-state index in [0.29, 0.717) is 5.56 Å². The normalized spacial score (nSPS) is 9.61. The maximum atomic E-state index is 10.6. The third-order valence-corrected chi connectivity index (χ3v) is 3.75. The van der Waals surface area contributed by atoms with Crippen LogP contribution < -0.4 is 18.9 Å². The molecule has 0 amide bonds. The largest absolute Gasteiger partial charge is 1.00 e. The Morgan fingerprint density at radius 3 is 1.39 bits per heavy atom. The minimum absolute atomic E-state index is 0. The van der Waals surface area contributed by atoms with E-state index < -0.39 is 10.1 Å². The van der Waals surface area contributed by atoms with Gasteiger partial charge in [0.05, 0.1) is 4.90 Å². The monoisotopic (exact) mass is 320 g/mol. The van der Waals surface area contributed by atoms with E-state index in [-0.39, 0.29) is 23.8 Å². The van der Waals surface area contributed by atoms with Gasteiger partial charge in [0.15, 0.2) is 0 Å². The number of hydrogen-bond acceptors (Lipinski definition) is 3. The zero-order valence-electron chi connectivity index (χ0n) is 13.1. The molecule has 2 rings (SSSR count). The zero-order chi connectivity index (χ0) is 16.6. The van der Waals surface area contributed by atoms with Crippen molar-refractivity contribution in [2.75, 3.05) is 0 Å². The molecule has 0 fully saturated rings. The topological polar surface area (TPSA) is 57.2 Å². The molecule has 0 radical (unpaired) electrons. The number of rotatable bonds is 4. The van der Waals surface area contributed by atoms with Gasteiger partial charge in [-0.25, -0.2) is 8.42 Å². The van der Waals surface area contributed by atoms with Gasteiger partial charge in [0.25, 0.3) is 0 Å². The summed E-state index contributed by atoms with van der Waals surface area (Å²) in [5.41, 5.74) is 2.61. The Balaban J connectivity index is 0.000000409. The molecule has 0 unspecified atom stereocenters. The van der Waals surface area contributed by atoms with Gasteiger partial charge < -0.3 is 4.55 Å². The predicted octanol–water partition coefficient (Wildman–Crippen LogP) is 1.21. The molecule has 3 nitrogen and oxygen atoms in total. The van der Waals surface area contributed by atoms with Gasteiger partial charge in [-0.3, -0.25) is 0 Å². The Bertz CT molecular complexity index is 753. The second-order valence-electron chi connectivity index (χ2n) is 4.23. The molecule has 23 heavy (non-hydrogen) atoms. The minimum Gasteiger partial charge on any atom is -0.744 e. The molecule has 114 valence electrons. The maximum Gasteiger partial charge on any atom is 1.00 e. The standard InChI is InChI=1S/C10H10.C8H8O3S.Li/c1-3-9-7-5-6-8-10(9)4-2;1-2-7-5-3-4-6-8(7)12(9,10)11;/h3-8H,1-2H2;2-6H,1H2,(H,9,10,11);/q;;+1/p-1. The second kappa shape index (κ2) is 10.0. The van der Waals surface area contributed by atoms with Crippen LogP contribution in [0, 0.1) is 0 Å². The summed E-state index contributed by atoms with van der Waals surface area (Å²) in [6.45, 7) is 10.8. The van der Waals surface area contributed by atoms with Crippen LogP contribution in [0.25, 0.3) is 18.2 Å². The van der Waals surface area contributed by atoms with E-state index in [2.05, 4.69) is 19.7 Å². The van der Waals surface area contributed by atoms with Crippen molar-refractivity contribution in [1.29, 1.82) is 0 Å². The van der Waals surface area contributed by atoms with Crippen molar-refractivity contribution in [3.05, 3.63) is 85.0 Å². The van der Waals surface area contributed by atoms with Crippen LogP contribution in [0.5, 0.6) is 0 Å². The fourth-order valence-electron chi connectivity index (χ4n) is 1.76. The van der Waals surface area contributed by atoms with Crippen molar-refractivity contribution in [3.63, 3.8) is 0 Å². The molecule has 0 heterocycles. The smallest absolute Gasteiger partial charge is 0.744 e. The molecule has 0 bridgehead atoms. The van der Waals surface area contributed by atoms with Crippen molar-refractivity contribution in [2.24, 2.45) is 0 Å². The van der Waals surface area contributed by atoms with Crippen molar-refractivity contribution in [3.8, 4) is 0 Å². The fourth-order valence-corrected chi connectivity index (χ4v) is 2.44. The van der Waals surface area contributed by atoms with Gasteiger partial charge in [0.1, 0.15) is 10.1 Å². The van der Waals surface area contributed by atoms with Crippen LogP contribution in [0.2, 0.25) is 0 Å². The molecule has 0 saturated heterocycles. The van der Waals surface area contributed by atoms with E-state index in [9.17, 15) is 13.0 Å². The molecule has 0 aliphatic heterocycles. The summed E-state index contributed by atoms with van der Waals surface area (Å²) >= 11 is 0. The summed E-state index contributed by atoms with van der Waals surface area (Å²) in [5.74, 6) is 0. The van der Waals surface area contributed by atoms with E-state index in [1.165, 1.54) is 24.3 Å². The first-order valence-corrected chi connectivity index (χ1v) is 7.86. The second-order valence-corrected chi connectivity index (χ2v) is 5.58. The first kappa shape index (κ1) is 21.2. The summed E-state index contributed by atoms with van der Waals surface area (Å²) in [6, 6.07) is 13.9. The molecule has 0 atom stereocenters. The van der Waals surface area contributed by atoms with Crippen LogP contribution in [0.15, 0.2) is 73.2 Å². The van der Waals surface area contributed by atoms with Crippen LogP contribution in [0.4, 0.5) is 0 Å². The van der Waals surface area contributed by atoms with E-state index in [1.54, 1.807) is 6.07 Å². The van der Waals surface area contributed by atoms with Gasteiger partial charge in [-0.05, 0) is 22.8 Å². The molecule has 0 N–H and O–H groups in total. The summed E-state index contributed by atoms with van der Waals surface area (Å²) < 4.78 is 31.8. The summed E-state index contributed by atoms with van der Waals surface area (Å²) in [4.78, 5) is -0.222. The molecule has 0 aliphatic rings. The van der Waals surface area contributed by atoms with Crippen molar-refractivity contribution in [2.45, 2.75) is 4.90 Å².